The molecule has 0 aromatic heterocycles. The molecule has 3 aliphatic rings. The molecule has 0 aromatic carbocycles. The first-order valence-electron chi connectivity index (χ1n) is 7.60. The second-order valence-electron chi connectivity index (χ2n) is 7.35. The number of piperazine rings is 1. The van der Waals surface area contributed by atoms with Gasteiger partial charge in [-0.1, -0.05) is 19.3 Å². The molecule has 3 rings (SSSR count). The van der Waals surface area contributed by atoms with E-state index in [2.05, 4.69) is 24.1 Å². The number of hydrogen-bond acceptors (Lipinski definition) is 2. The van der Waals surface area contributed by atoms with Gasteiger partial charge < -0.3 is 5.32 Å². The SMILES string of the molecule is CC1(C)CN(CC2CC2)C2(CCCCC2)CN1. The molecule has 0 unspecified atom stereocenters. The number of rotatable bonds is 2. The fourth-order valence-electron chi connectivity index (χ4n) is 3.79. The third kappa shape index (κ3) is 2.53. The van der Waals surface area contributed by atoms with Crippen molar-refractivity contribution in [1.29, 1.82) is 0 Å². The molecule has 2 aliphatic carbocycles. The molecule has 1 N–H and O–H groups in total. The Hall–Kier alpha value is -0.0800. The van der Waals surface area contributed by atoms with Crippen LogP contribution >= 0.6 is 0 Å². The van der Waals surface area contributed by atoms with Crippen molar-refractivity contribution < 1.29 is 0 Å². The molecule has 2 nitrogen and oxygen atoms in total. The summed E-state index contributed by atoms with van der Waals surface area (Å²) in [6, 6.07) is 0. The Labute approximate surface area is 106 Å². The van der Waals surface area contributed by atoms with Crippen LogP contribution in [0.1, 0.15) is 58.8 Å². The molecule has 0 amide bonds. The van der Waals surface area contributed by atoms with E-state index in [1.165, 1.54) is 64.6 Å². The highest BCUT2D eigenvalue weighted by molar-refractivity contribution is 5.04. The summed E-state index contributed by atoms with van der Waals surface area (Å²) in [5, 5.41) is 3.80. The van der Waals surface area contributed by atoms with Gasteiger partial charge in [0.2, 0.25) is 0 Å². The summed E-state index contributed by atoms with van der Waals surface area (Å²) in [7, 11) is 0. The van der Waals surface area contributed by atoms with Crippen molar-refractivity contribution >= 4 is 0 Å². The Morgan fingerprint density at radius 1 is 1.12 bits per heavy atom. The summed E-state index contributed by atoms with van der Waals surface area (Å²) < 4.78 is 0. The molecule has 0 aromatic rings. The van der Waals surface area contributed by atoms with Crippen LogP contribution in [0.2, 0.25) is 0 Å². The Morgan fingerprint density at radius 2 is 1.82 bits per heavy atom. The van der Waals surface area contributed by atoms with Crippen LogP contribution < -0.4 is 5.32 Å². The molecule has 0 atom stereocenters. The van der Waals surface area contributed by atoms with Crippen molar-refractivity contribution in [2.75, 3.05) is 19.6 Å². The largest absolute Gasteiger partial charge is 0.309 e. The van der Waals surface area contributed by atoms with Crippen LogP contribution in [-0.2, 0) is 0 Å². The highest BCUT2D eigenvalue weighted by atomic mass is 15.3. The molecule has 1 spiro atoms. The van der Waals surface area contributed by atoms with Gasteiger partial charge in [-0.05, 0) is 45.4 Å². The molecule has 3 fully saturated rings. The van der Waals surface area contributed by atoms with Gasteiger partial charge in [0.1, 0.15) is 0 Å². The van der Waals surface area contributed by atoms with Crippen LogP contribution in [0.3, 0.4) is 0 Å². The lowest BCUT2D eigenvalue weighted by Gasteiger charge is -2.55. The van der Waals surface area contributed by atoms with Crippen LogP contribution in [0.5, 0.6) is 0 Å². The normalized spacial score (nSPS) is 32.8. The van der Waals surface area contributed by atoms with Crippen molar-refractivity contribution in [3.05, 3.63) is 0 Å². The lowest BCUT2D eigenvalue weighted by Crippen LogP contribution is -2.69. The maximum atomic E-state index is 3.80. The molecule has 1 saturated heterocycles. The van der Waals surface area contributed by atoms with Gasteiger partial charge in [-0.15, -0.1) is 0 Å². The van der Waals surface area contributed by atoms with E-state index in [1.807, 2.05) is 0 Å². The first kappa shape index (κ1) is 12.0. The highest BCUT2D eigenvalue weighted by Crippen LogP contribution is 2.40. The van der Waals surface area contributed by atoms with Crippen LogP contribution in [0.15, 0.2) is 0 Å². The summed E-state index contributed by atoms with van der Waals surface area (Å²) >= 11 is 0. The topological polar surface area (TPSA) is 15.3 Å². The van der Waals surface area contributed by atoms with Crippen molar-refractivity contribution in [3.8, 4) is 0 Å². The van der Waals surface area contributed by atoms with Gasteiger partial charge in [0.15, 0.2) is 0 Å². The predicted molar refractivity (Wildman–Crippen MR) is 72.2 cm³/mol. The van der Waals surface area contributed by atoms with E-state index in [4.69, 9.17) is 0 Å². The average Bonchev–Trinajstić information content (AvgIpc) is 3.09. The van der Waals surface area contributed by atoms with E-state index in [0.29, 0.717) is 11.1 Å². The molecule has 17 heavy (non-hydrogen) atoms. The van der Waals surface area contributed by atoms with Crippen LogP contribution in [0.4, 0.5) is 0 Å². The third-order valence-electron chi connectivity index (χ3n) is 5.11. The summed E-state index contributed by atoms with van der Waals surface area (Å²) in [6.07, 6.45) is 10.2. The van der Waals surface area contributed by atoms with E-state index < -0.39 is 0 Å². The lowest BCUT2D eigenvalue weighted by molar-refractivity contribution is -0.0129. The molecule has 2 heteroatoms. The van der Waals surface area contributed by atoms with Gasteiger partial charge in [-0.2, -0.15) is 0 Å². The minimum absolute atomic E-state index is 0.317. The minimum atomic E-state index is 0.317. The molecule has 1 heterocycles. The second kappa shape index (κ2) is 4.24. The molecule has 2 saturated carbocycles. The van der Waals surface area contributed by atoms with E-state index in [1.54, 1.807) is 0 Å². The molecule has 0 bridgehead atoms. The lowest BCUT2D eigenvalue weighted by atomic mass is 9.77. The number of hydrogen-bond donors (Lipinski definition) is 1. The zero-order valence-electron chi connectivity index (χ0n) is 11.6. The highest BCUT2D eigenvalue weighted by Gasteiger charge is 2.45. The van der Waals surface area contributed by atoms with E-state index in [9.17, 15) is 0 Å². The van der Waals surface area contributed by atoms with E-state index in [0.717, 1.165) is 5.92 Å². The summed E-state index contributed by atoms with van der Waals surface area (Å²) in [5.74, 6) is 1.03. The van der Waals surface area contributed by atoms with Crippen molar-refractivity contribution in [1.82, 2.24) is 10.2 Å². The van der Waals surface area contributed by atoms with Gasteiger partial charge in [0.25, 0.3) is 0 Å². The Bertz CT molecular complexity index is 275. The second-order valence-corrected chi connectivity index (χ2v) is 7.35. The maximum absolute atomic E-state index is 3.80. The Kier molecular flexibility index (Phi) is 2.99. The quantitative estimate of drug-likeness (QED) is 0.793. The molecular formula is C15H28N2. The number of nitrogens with one attached hydrogen (secondary N) is 1. The van der Waals surface area contributed by atoms with Crippen LogP contribution in [-0.4, -0.2) is 35.6 Å². The van der Waals surface area contributed by atoms with Gasteiger partial charge in [-0.3, -0.25) is 4.90 Å². The van der Waals surface area contributed by atoms with Crippen molar-refractivity contribution in [3.63, 3.8) is 0 Å². The van der Waals surface area contributed by atoms with Crippen LogP contribution in [0, 0.1) is 5.92 Å². The first-order chi connectivity index (χ1) is 8.10. The van der Waals surface area contributed by atoms with E-state index in [-0.39, 0.29) is 0 Å². The fraction of sp³-hybridized carbons (Fsp3) is 1.00. The Morgan fingerprint density at radius 3 is 2.47 bits per heavy atom. The zero-order valence-corrected chi connectivity index (χ0v) is 11.6. The molecule has 0 radical (unpaired) electrons. The molecular weight excluding hydrogens is 208 g/mol. The number of nitrogens with zero attached hydrogens (tertiary/aromatic N) is 1. The molecule has 98 valence electrons. The van der Waals surface area contributed by atoms with Gasteiger partial charge in [0.05, 0.1) is 0 Å². The van der Waals surface area contributed by atoms with Crippen molar-refractivity contribution in [2.45, 2.75) is 69.9 Å². The standard InChI is InChI=1S/C15H28N2/c1-14(2)12-17(10-13-6-7-13)15(11-16-14)8-4-3-5-9-15/h13,16H,3-12H2,1-2H3. The third-order valence-corrected chi connectivity index (χ3v) is 5.11. The monoisotopic (exact) mass is 236 g/mol. The zero-order chi connectivity index (χ0) is 11.9. The van der Waals surface area contributed by atoms with E-state index >= 15 is 0 Å². The van der Waals surface area contributed by atoms with Gasteiger partial charge >= 0.3 is 0 Å². The average molecular weight is 236 g/mol. The summed E-state index contributed by atoms with van der Waals surface area (Å²) in [5.41, 5.74) is 0.841. The smallest absolute Gasteiger partial charge is 0.0335 e. The van der Waals surface area contributed by atoms with Crippen molar-refractivity contribution in [2.24, 2.45) is 5.92 Å². The maximum Gasteiger partial charge on any atom is 0.0335 e. The fourth-order valence-corrected chi connectivity index (χ4v) is 3.79. The van der Waals surface area contributed by atoms with Crippen LogP contribution in [0.25, 0.3) is 0 Å². The van der Waals surface area contributed by atoms with Gasteiger partial charge in [-0.25, -0.2) is 0 Å². The molecule has 1 aliphatic heterocycles. The van der Waals surface area contributed by atoms with Gasteiger partial charge in [0, 0.05) is 30.7 Å². The summed E-state index contributed by atoms with van der Waals surface area (Å²) in [4.78, 5) is 2.88. The minimum Gasteiger partial charge on any atom is -0.309 e. The Balaban J connectivity index is 1.74. The first-order valence-corrected chi connectivity index (χ1v) is 7.60. The summed E-state index contributed by atoms with van der Waals surface area (Å²) in [6.45, 7) is 8.59. The predicted octanol–water partition coefficient (Wildman–Crippen LogP) is 2.78.